The molecule has 0 aliphatic carbocycles. The van der Waals surface area contributed by atoms with Crippen LogP contribution in [0, 0.1) is 3.57 Å². The van der Waals surface area contributed by atoms with E-state index < -0.39 is 0 Å². The van der Waals surface area contributed by atoms with Gasteiger partial charge in [-0.25, -0.2) is 5.43 Å². The van der Waals surface area contributed by atoms with Gasteiger partial charge in [0.1, 0.15) is 5.75 Å². The van der Waals surface area contributed by atoms with E-state index in [1.807, 2.05) is 78.9 Å². The molecule has 4 rings (SSSR count). The molecule has 0 radical (unpaired) electrons. The molecule has 0 unspecified atom stereocenters. The maximum atomic E-state index is 5.21. The molecule has 8 nitrogen and oxygen atoms in total. The Morgan fingerprint density at radius 2 is 1.44 bits per heavy atom. The summed E-state index contributed by atoms with van der Waals surface area (Å²) in [6.07, 6.45) is 1.72. The average Bonchev–Trinajstić information content (AvgIpc) is 2.80. The van der Waals surface area contributed by atoms with Gasteiger partial charge >= 0.3 is 0 Å². The number of hydrogen-bond donors (Lipinski definition) is 3. The second kappa shape index (κ2) is 10.5. The van der Waals surface area contributed by atoms with E-state index in [0.717, 1.165) is 26.3 Å². The first-order chi connectivity index (χ1) is 15.7. The number of benzene rings is 3. The number of ether oxygens (including phenoxy) is 1. The van der Waals surface area contributed by atoms with Crippen molar-refractivity contribution < 1.29 is 4.74 Å². The van der Waals surface area contributed by atoms with Gasteiger partial charge in [-0.2, -0.15) is 20.1 Å². The van der Waals surface area contributed by atoms with Crippen LogP contribution >= 0.6 is 22.6 Å². The predicted octanol–water partition coefficient (Wildman–Crippen LogP) is 5.42. The molecular formula is C23H20IN7O. The van der Waals surface area contributed by atoms with Crippen LogP contribution in [0.1, 0.15) is 5.56 Å². The minimum Gasteiger partial charge on any atom is -0.497 e. The van der Waals surface area contributed by atoms with Crippen molar-refractivity contribution in [2.24, 2.45) is 5.10 Å². The lowest BCUT2D eigenvalue weighted by molar-refractivity contribution is 0.415. The molecule has 9 heteroatoms. The molecule has 0 amide bonds. The van der Waals surface area contributed by atoms with Crippen LogP contribution in [0.4, 0.5) is 29.2 Å². The number of para-hydroxylation sites is 1. The van der Waals surface area contributed by atoms with Gasteiger partial charge in [-0.05, 0) is 76.7 Å². The van der Waals surface area contributed by atoms with Gasteiger partial charge in [0, 0.05) is 14.9 Å². The summed E-state index contributed by atoms with van der Waals surface area (Å²) < 4.78 is 6.34. The van der Waals surface area contributed by atoms with Crippen LogP contribution in [0.15, 0.2) is 84.0 Å². The lowest BCUT2D eigenvalue weighted by atomic mass is 10.2. The average molecular weight is 537 g/mol. The highest BCUT2D eigenvalue weighted by molar-refractivity contribution is 14.1. The third kappa shape index (κ3) is 6.14. The Hall–Kier alpha value is -3.73. The molecule has 0 spiro atoms. The number of methoxy groups -OCH3 is 1. The first-order valence-electron chi connectivity index (χ1n) is 9.72. The van der Waals surface area contributed by atoms with Gasteiger partial charge in [0.05, 0.1) is 13.3 Å². The Labute approximate surface area is 199 Å². The van der Waals surface area contributed by atoms with E-state index in [1.54, 1.807) is 13.3 Å². The minimum absolute atomic E-state index is 0.302. The zero-order valence-corrected chi connectivity index (χ0v) is 19.3. The van der Waals surface area contributed by atoms with Gasteiger partial charge in [-0.15, -0.1) is 0 Å². The number of hydrazone groups is 1. The lowest BCUT2D eigenvalue weighted by Crippen LogP contribution is -2.07. The molecule has 1 heterocycles. The number of hydrogen-bond acceptors (Lipinski definition) is 8. The van der Waals surface area contributed by atoms with Gasteiger partial charge < -0.3 is 15.4 Å². The van der Waals surface area contributed by atoms with Crippen molar-refractivity contribution in [3.8, 4) is 5.75 Å². The summed E-state index contributed by atoms with van der Waals surface area (Å²) in [6.45, 7) is 0. The highest BCUT2D eigenvalue weighted by Gasteiger charge is 2.08. The van der Waals surface area contributed by atoms with Crippen LogP contribution in [0.25, 0.3) is 0 Å². The van der Waals surface area contributed by atoms with E-state index in [4.69, 9.17) is 4.74 Å². The number of nitrogens with zero attached hydrogens (tertiary/aromatic N) is 4. The Balaban J connectivity index is 1.57. The van der Waals surface area contributed by atoms with Crippen LogP contribution < -0.4 is 20.8 Å². The second-order valence-electron chi connectivity index (χ2n) is 6.58. The van der Waals surface area contributed by atoms with Gasteiger partial charge in [0.2, 0.25) is 17.8 Å². The third-order valence-corrected chi connectivity index (χ3v) is 4.91. The van der Waals surface area contributed by atoms with Gasteiger partial charge in [-0.3, -0.25) is 0 Å². The Morgan fingerprint density at radius 1 is 0.781 bits per heavy atom. The predicted molar refractivity (Wildman–Crippen MR) is 136 cm³/mol. The molecule has 4 aromatic rings. The second-order valence-corrected chi connectivity index (χ2v) is 7.82. The highest BCUT2D eigenvalue weighted by Crippen LogP contribution is 2.20. The van der Waals surface area contributed by atoms with Gasteiger partial charge in [0.15, 0.2) is 0 Å². The molecule has 0 aliphatic heterocycles. The molecule has 0 fully saturated rings. The van der Waals surface area contributed by atoms with Crippen molar-refractivity contribution in [3.05, 3.63) is 88.0 Å². The molecule has 160 valence electrons. The lowest BCUT2D eigenvalue weighted by Gasteiger charge is -2.10. The standard InChI is InChI=1S/C23H20IN7O/c1-32-20-12-10-19(11-13-20)27-22-28-21(26-18-8-3-2-4-9-18)29-23(30-22)31-25-15-16-6-5-7-17(24)14-16/h2-15H,1H3,(H3,26,27,28,29,30,31). The van der Waals surface area contributed by atoms with Crippen LogP contribution in [-0.4, -0.2) is 28.3 Å². The molecule has 1 aromatic heterocycles. The van der Waals surface area contributed by atoms with Crippen molar-refractivity contribution in [3.63, 3.8) is 0 Å². The van der Waals surface area contributed by atoms with E-state index in [2.05, 4.69) is 58.7 Å². The van der Waals surface area contributed by atoms with E-state index in [0.29, 0.717) is 17.8 Å². The van der Waals surface area contributed by atoms with Crippen LogP contribution in [0.5, 0.6) is 5.75 Å². The largest absolute Gasteiger partial charge is 0.497 e. The zero-order valence-electron chi connectivity index (χ0n) is 17.2. The third-order valence-electron chi connectivity index (χ3n) is 4.24. The molecule has 3 N–H and O–H groups in total. The maximum Gasteiger partial charge on any atom is 0.250 e. The summed E-state index contributed by atoms with van der Waals surface area (Å²) >= 11 is 2.26. The van der Waals surface area contributed by atoms with Crippen LogP contribution in [0.3, 0.4) is 0 Å². The minimum atomic E-state index is 0.302. The molecule has 0 aliphatic rings. The molecule has 32 heavy (non-hydrogen) atoms. The van der Waals surface area contributed by atoms with E-state index in [1.165, 1.54) is 0 Å². The number of anilines is 5. The Bertz CT molecular complexity index is 1200. The SMILES string of the molecule is COc1ccc(Nc2nc(NN=Cc3cccc(I)c3)nc(Nc3ccccc3)n2)cc1. The Morgan fingerprint density at radius 3 is 2.09 bits per heavy atom. The molecule has 0 atom stereocenters. The molecule has 0 saturated carbocycles. The number of nitrogens with one attached hydrogen (secondary N) is 3. The summed E-state index contributed by atoms with van der Waals surface area (Å²) in [7, 11) is 1.63. The number of halogens is 1. The van der Waals surface area contributed by atoms with Crippen LogP contribution in [-0.2, 0) is 0 Å². The molecular weight excluding hydrogens is 517 g/mol. The van der Waals surface area contributed by atoms with Crippen LogP contribution in [0.2, 0.25) is 0 Å². The van der Waals surface area contributed by atoms with E-state index in [9.17, 15) is 0 Å². The number of aromatic nitrogens is 3. The monoisotopic (exact) mass is 537 g/mol. The first kappa shape index (κ1) is 21.5. The highest BCUT2D eigenvalue weighted by atomic mass is 127. The molecule has 0 saturated heterocycles. The fourth-order valence-electron chi connectivity index (χ4n) is 2.74. The summed E-state index contributed by atoms with van der Waals surface area (Å²) in [5.41, 5.74) is 5.54. The number of rotatable bonds is 8. The maximum absolute atomic E-state index is 5.21. The first-order valence-corrected chi connectivity index (χ1v) is 10.8. The normalized spacial score (nSPS) is 10.7. The van der Waals surface area contributed by atoms with E-state index >= 15 is 0 Å². The smallest absolute Gasteiger partial charge is 0.250 e. The topological polar surface area (TPSA) is 96.4 Å². The van der Waals surface area contributed by atoms with Crippen molar-refractivity contribution in [2.75, 3.05) is 23.2 Å². The fraction of sp³-hybridized carbons (Fsp3) is 0.0435. The summed E-state index contributed by atoms with van der Waals surface area (Å²) in [4.78, 5) is 13.3. The van der Waals surface area contributed by atoms with Crippen molar-refractivity contribution in [1.29, 1.82) is 0 Å². The quantitative estimate of drug-likeness (QED) is 0.157. The van der Waals surface area contributed by atoms with Gasteiger partial charge in [-0.1, -0.05) is 30.3 Å². The van der Waals surface area contributed by atoms with Gasteiger partial charge in [0.25, 0.3) is 0 Å². The Kier molecular flexibility index (Phi) is 7.08. The van der Waals surface area contributed by atoms with Crippen molar-refractivity contribution >= 4 is 58.0 Å². The summed E-state index contributed by atoms with van der Waals surface area (Å²) in [6, 6.07) is 25.2. The molecule has 0 bridgehead atoms. The van der Waals surface area contributed by atoms with Crippen molar-refractivity contribution in [2.45, 2.75) is 0 Å². The molecule has 3 aromatic carbocycles. The fourth-order valence-corrected chi connectivity index (χ4v) is 3.31. The van der Waals surface area contributed by atoms with Crippen molar-refractivity contribution in [1.82, 2.24) is 15.0 Å². The zero-order chi connectivity index (χ0) is 22.2. The summed E-state index contributed by atoms with van der Waals surface area (Å²) in [5, 5.41) is 10.6. The summed E-state index contributed by atoms with van der Waals surface area (Å²) in [5.74, 6) is 1.82. The van der Waals surface area contributed by atoms with E-state index in [-0.39, 0.29) is 0 Å².